The van der Waals surface area contributed by atoms with Crippen LogP contribution in [0.4, 0.5) is 5.69 Å². The fourth-order valence-electron chi connectivity index (χ4n) is 3.21. The van der Waals surface area contributed by atoms with Gasteiger partial charge in [0.25, 0.3) is 5.56 Å². The number of anilines is 1. The first-order chi connectivity index (χ1) is 9.67. The molecule has 7 heteroatoms. The molecule has 2 aliphatic rings. The molecule has 0 saturated carbocycles. The molecule has 0 radical (unpaired) electrons. The Hall–Kier alpha value is -0.920. The topological polar surface area (TPSA) is 79.2 Å². The van der Waals surface area contributed by atoms with E-state index in [1.165, 1.54) is 17.5 Å². The predicted molar refractivity (Wildman–Crippen MR) is 79.9 cm³/mol. The van der Waals surface area contributed by atoms with Crippen LogP contribution in [0.1, 0.15) is 25.7 Å². The molecule has 2 fully saturated rings. The van der Waals surface area contributed by atoms with Crippen molar-refractivity contribution in [2.75, 3.05) is 11.9 Å². The molecule has 0 aromatic carbocycles. The third-order valence-corrected chi connectivity index (χ3v) is 4.90. The molecule has 1 aromatic heterocycles. The van der Waals surface area contributed by atoms with Crippen molar-refractivity contribution in [3.63, 3.8) is 0 Å². The number of hydrogen-bond donors (Lipinski definition) is 3. The molecule has 3 N–H and O–H groups in total. The summed E-state index contributed by atoms with van der Waals surface area (Å²) in [6.45, 7) is 0.124. The Bertz CT molecular complexity index is 536. The Morgan fingerprint density at radius 1 is 1.45 bits per heavy atom. The van der Waals surface area contributed by atoms with Crippen LogP contribution in [0.3, 0.4) is 0 Å². The normalized spacial score (nSPS) is 28.6. The van der Waals surface area contributed by atoms with Gasteiger partial charge in [0, 0.05) is 18.1 Å². The molecule has 6 nitrogen and oxygen atoms in total. The summed E-state index contributed by atoms with van der Waals surface area (Å²) >= 11 is 3.34. The number of halogens is 1. The Morgan fingerprint density at radius 2 is 2.15 bits per heavy atom. The molecule has 2 atom stereocenters. The minimum atomic E-state index is -0.207. The van der Waals surface area contributed by atoms with Crippen molar-refractivity contribution < 1.29 is 5.11 Å². The van der Waals surface area contributed by atoms with Crippen LogP contribution in [0.25, 0.3) is 0 Å². The highest BCUT2D eigenvalue weighted by Crippen LogP contribution is 2.29. The SMILES string of the molecule is O=c1c(Br)c(NC2CC3CCC(C2)N3)cnn1CCO. The largest absolute Gasteiger partial charge is 0.394 e. The van der Waals surface area contributed by atoms with Crippen molar-refractivity contribution in [1.29, 1.82) is 0 Å². The minimum Gasteiger partial charge on any atom is -0.394 e. The highest BCUT2D eigenvalue weighted by molar-refractivity contribution is 9.10. The van der Waals surface area contributed by atoms with Crippen molar-refractivity contribution in [1.82, 2.24) is 15.1 Å². The lowest BCUT2D eigenvalue weighted by atomic mass is 10.00. The molecule has 1 aromatic rings. The van der Waals surface area contributed by atoms with Crippen LogP contribution in [0.15, 0.2) is 15.5 Å². The van der Waals surface area contributed by atoms with E-state index in [2.05, 4.69) is 31.7 Å². The number of aromatic nitrogens is 2. The maximum absolute atomic E-state index is 12.1. The second-order valence-electron chi connectivity index (χ2n) is 5.57. The molecule has 0 aliphatic carbocycles. The van der Waals surface area contributed by atoms with Gasteiger partial charge in [-0.3, -0.25) is 4.79 Å². The number of aliphatic hydroxyl groups excluding tert-OH is 1. The molecule has 3 heterocycles. The summed E-state index contributed by atoms with van der Waals surface area (Å²) in [7, 11) is 0. The average molecular weight is 343 g/mol. The van der Waals surface area contributed by atoms with Crippen LogP contribution >= 0.6 is 15.9 Å². The maximum atomic E-state index is 12.1. The molecule has 2 saturated heterocycles. The maximum Gasteiger partial charge on any atom is 0.283 e. The number of hydrogen-bond acceptors (Lipinski definition) is 5. The molecule has 2 unspecified atom stereocenters. The number of aliphatic hydroxyl groups is 1. The summed E-state index contributed by atoms with van der Waals surface area (Å²) in [5.41, 5.74) is 0.538. The highest BCUT2D eigenvalue weighted by atomic mass is 79.9. The number of nitrogens with zero attached hydrogens (tertiary/aromatic N) is 2. The predicted octanol–water partition coefficient (Wildman–Crippen LogP) is 0.693. The molecular weight excluding hydrogens is 324 g/mol. The molecule has 0 spiro atoms. The van der Waals surface area contributed by atoms with Crippen LogP contribution in [0.5, 0.6) is 0 Å². The monoisotopic (exact) mass is 342 g/mol. The van der Waals surface area contributed by atoms with Gasteiger partial charge in [-0.1, -0.05) is 0 Å². The van der Waals surface area contributed by atoms with Gasteiger partial charge in [0.15, 0.2) is 0 Å². The van der Waals surface area contributed by atoms with Gasteiger partial charge in [0.2, 0.25) is 0 Å². The lowest BCUT2D eigenvalue weighted by molar-refractivity contribution is 0.266. The molecule has 0 amide bonds. The van der Waals surface area contributed by atoms with Gasteiger partial charge in [-0.25, -0.2) is 4.68 Å². The fraction of sp³-hybridized carbons (Fsp3) is 0.692. The average Bonchev–Trinajstić information content (AvgIpc) is 2.78. The Balaban J connectivity index is 1.74. The zero-order valence-corrected chi connectivity index (χ0v) is 12.8. The first-order valence-corrected chi connectivity index (χ1v) is 7.85. The van der Waals surface area contributed by atoms with Crippen molar-refractivity contribution in [3.8, 4) is 0 Å². The van der Waals surface area contributed by atoms with E-state index in [-0.39, 0.29) is 18.7 Å². The highest BCUT2D eigenvalue weighted by Gasteiger charge is 2.33. The van der Waals surface area contributed by atoms with E-state index in [0.717, 1.165) is 18.5 Å². The number of fused-ring (bicyclic) bond motifs is 2. The summed E-state index contributed by atoms with van der Waals surface area (Å²) in [5, 5.41) is 20.0. The lowest BCUT2D eigenvalue weighted by Gasteiger charge is -2.30. The van der Waals surface area contributed by atoms with Crippen LogP contribution in [0, 0.1) is 0 Å². The van der Waals surface area contributed by atoms with Crippen LogP contribution in [-0.4, -0.2) is 39.6 Å². The molecular formula is C13H19BrN4O2. The van der Waals surface area contributed by atoms with Gasteiger partial charge in [-0.05, 0) is 41.6 Å². The van der Waals surface area contributed by atoms with Gasteiger partial charge in [0.05, 0.1) is 25.0 Å². The Labute approximate surface area is 125 Å². The molecule has 2 aliphatic heterocycles. The first-order valence-electron chi connectivity index (χ1n) is 7.06. The molecule has 2 bridgehead atoms. The summed E-state index contributed by atoms with van der Waals surface area (Å²) < 4.78 is 1.76. The van der Waals surface area contributed by atoms with Crippen molar-refractivity contribution in [2.24, 2.45) is 0 Å². The van der Waals surface area contributed by atoms with Crippen molar-refractivity contribution in [2.45, 2.75) is 50.4 Å². The Morgan fingerprint density at radius 3 is 2.80 bits per heavy atom. The number of rotatable bonds is 4. The van der Waals surface area contributed by atoms with Gasteiger partial charge in [-0.15, -0.1) is 0 Å². The molecule has 3 rings (SSSR count). The van der Waals surface area contributed by atoms with Gasteiger partial charge < -0.3 is 15.7 Å². The standard InChI is InChI=1S/C13H19BrN4O2/c14-12-11(7-15-18(3-4-19)13(12)20)17-10-5-8-1-2-9(6-10)16-8/h7-10,16-17,19H,1-6H2. The van der Waals surface area contributed by atoms with E-state index < -0.39 is 0 Å². The van der Waals surface area contributed by atoms with Gasteiger partial charge in [0.1, 0.15) is 4.47 Å². The second kappa shape index (κ2) is 5.83. The van der Waals surface area contributed by atoms with Gasteiger partial charge in [-0.2, -0.15) is 5.10 Å². The van der Waals surface area contributed by atoms with Crippen molar-refractivity contribution in [3.05, 3.63) is 21.0 Å². The number of piperidine rings is 1. The van der Waals surface area contributed by atoms with Crippen molar-refractivity contribution >= 4 is 21.6 Å². The van der Waals surface area contributed by atoms with Crippen LogP contribution in [-0.2, 0) is 6.54 Å². The molecule has 110 valence electrons. The third-order valence-electron chi connectivity index (χ3n) is 4.13. The van der Waals surface area contributed by atoms with E-state index in [1.807, 2.05) is 0 Å². The zero-order chi connectivity index (χ0) is 14.1. The second-order valence-corrected chi connectivity index (χ2v) is 6.37. The van der Waals surface area contributed by atoms with Crippen LogP contribution < -0.4 is 16.2 Å². The fourth-order valence-corrected chi connectivity index (χ4v) is 3.64. The third kappa shape index (κ3) is 2.75. The van der Waals surface area contributed by atoms with E-state index in [9.17, 15) is 4.79 Å². The van der Waals surface area contributed by atoms with E-state index in [0.29, 0.717) is 22.6 Å². The van der Waals surface area contributed by atoms with E-state index >= 15 is 0 Å². The van der Waals surface area contributed by atoms with E-state index in [1.54, 1.807) is 6.20 Å². The summed E-state index contributed by atoms with van der Waals surface area (Å²) in [6.07, 6.45) is 6.33. The molecule has 20 heavy (non-hydrogen) atoms. The first kappa shape index (κ1) is 14.0. The smallest absolute Gasteiger partial charge is 0.283 e. The Kier molecular flexibility index (Phi) is 4.09. The minimum absolute atomic E-state index is 0.0935. The van der Waals surface area contributed by atoms with E-state index in [4.69, 9.17) is 5.11 Å². The summed E-state index contributed by atoms with van der Waals surface area (Å²) in [4.78, 5) is 12.1. The van der Waals surface area contributed by atoms with Gasteiger partial charge >= 0.3 is 0 Å². The zero-order valence-electron chi connectivity index (χ0n) is 11.2. The summed E-state index contributed by atoms with van der Waals surface area (Å²) in [6, 6.07) is 1.60. The quantitative estimate of drug-likeness (QED) is 0.750. The summed E-state index contributed by atoms with van der Waals surface area (Å²) in [5.74, 6) is 0. The number of nitrogens with one attached hydrogen (secondary N) is 2. The van der Waals surface area contributed by atoms with Crippen LogP contribution in [0.2, 0.25) is 0 Å². The lowest BCUT2D eigenvalue weighted by Crippen LogP contribution is -2.43.